The zero-order chi connectivity index (χ0) is 16.8. The fourth-order valence-electron chi connectivity index (χ4n) is 2.56. The van der Waals surface area contributed by atoms with E-state index in [1.165, 1.54) is 44.9 Å². The minimum absolute atomic E-state index is 0.0118. The monoisotopic (exact) mass is 316 g/mol. The van der Waals surface area contributed by atoms with E-state index in [0.29, 0.717) is 6.42 Å². The van der Waals surface area contributed by atoms with E-state index in [0.717, 1.165) is 24.0 Å². The molecule has 0 aromatic heterocycles. The summed E-state index contributed by atoms with van der Waals surface area (Å²) in [5.41, 5.74) is 4.81. The third-order valence-electron chi connectivity index (χ3n) is 4.09. The van der Waals surface area contributed by atoms with Gasteiger partial charge in [-0.2, -0.15) is 5.10 Å². The molecule has 0 atom stereocenters. The van der Waals surface area contributed by atoms with Crippen molar-refractivity contribution in [2.75, 3.05) is 0 Å². The summed E-state index contributed by atoms with van der Waals surface area (Å²) in [6.45, 7) is 4.28. The fraction of sp³-hybridized carbons (Fsp3) is 0.600. The third-order valence-corrected chi connectivity index (χ3v) is 4.09. The van der Waals surface area contributed by atoms with Crippen LogP contribution in [0.4, 0.5) is 0 Å². The first kappa shape index (κ1) is 19.4. The SMILES string of the molecule is CCCCCCCCCCCC(=O)N/N=C/c1ccccc1C. The average Bonchev–Trinajstić information content (AvgIpc) is 2.55. The quantitative estimate of drug-likeness (QED) is 0.314. The number of benzene rings is 1. The largest absolute Gasteiger partial charge is 0.273 e. The second kappa shape index (κ2) is 12.9. The molecule has 1 aromatic carbocycles. The van der Waals surface area contributed by atoms with Gasteiger partial charge in [0, 0.05) is 6.42 Å². The highest BCUT2D eigenvalue weighted by atomic mass is 16.2. The molecule has 1 amide bonds. The van der Waals surface area contributed by atoms with Gasteiger partial charge < -0.3 is 0 Å². The number of unbranched alkanes of at least 4 members (excludes halogenated alkanes) is 8. The molecular weight excluding hydrogens is 284 g/mol. The molecule has 1 aromatic rings. The van der Waals surface area contributed by atoms with Crippen molar-refractivity contribution in [3.8, 4) is 0 Å². The molecule has 1 rings (SSSR count). The van der Waals surface area contributed by atoms with Crippen LogP contribution in [0.15, 0.2) is 29.4 Å². The smallest absolute Gasteiger partial charge is 0.240 e. The van der Waals surface area contributed by atoms with E-state index in [4.69, 9.17) is 0 Å². The van der Waals surface area contributed by atoms with Crippen LogP contribution in [0.5, 0.6) is 0 Å². The van der Waals surface area contributed by atoms with Crippen molar-refractivity contribution >= 4 is 12.1 Å². The Labute approximate surface area is 141 Å². The van der Waals surface area contributed by atoms with Crippen LogP contribution >= 0.6 is 0 Å². The first-order valence-corrected chi connectivity index (χ1v) is 9.11. The lowest BCUT2D eigenvalue weighted by molar-refractivity contribution is -0.121. The lowest BCUT2D eigenvalue weighted by Gasteiger charge is -2.02. The van der Waals surface area contributed by atoms with Crippen molar-refractivity contribution in [3.05, 3.63) is 35.4 Å². The van der Waals surface area contributed by atoms with Crippen molar-refractivity contribution in [2.24, 2.45) is 5.10 Å². The number of rotatable bonds is 12. The van der Waals surface area contributed by atoms with Gasteiger partial charge in [-0.15, -0.1) is 0 Å². The standard InChI is InChI=1S/C20H32N2O/c1-3-4-5-6-7-8-9-10-11-16-20(23)22-21-17-19-15-13-12-14-18(19)2/h12-15,17H,3-11,16H2,1-2H3,(H,22,23)/b21-17+. The van der Waals surface area contributed by atoms with Gasteiger partial charge in [0.1, 0.15) is 0 Å². The minimum atomic E-state index is 0.0118. The first-order valence-electron chi connectivity index (χ1n) is 9.11. The highest BCUT2D eigenvalue weighted by molar-refractivity contribution is 5.83. The lowest BCUT2D eigenvalue weighted by atomic mass is 10.1. The minimum Gasteiger partial charge on any atom is -0.273 e. The Morgan fingerprint density at radius 2 is 1.61 bits per heavy atom. The maximum Gasteiger partial charge on any atom is 0.240 e. The van der Waals surface area contributed by atoms with Gasteiger partial charge in [-0.3, -0.25) is 4.79 Å². The number of hydrazone groups is 1. The van der Waals surface area contributed by atoms with Gasteiger partial charge in [0.05, 0.1) is 6.21 Å². The maximum atomic E-state index is 11.7. The number of nitrogens with one attached hydrogen (secondary N) is 1. The van der Waals surface area contributed by atoms with Gasteiger partial charge in [0.25, 0.3) is 0 Å². The third kappa shape index (κ3) is 9.88. The Morgan fingerprint density at radius 3 is 2.26 bits per heavy atom. The van der Waals surface area contributed by atoms with Crippen LogP contribution in [0.2, 0.25) is 0 Å². The van der Waals surface area contributed by atoms with Gasteiger partial charge >= 0.3 is 0 Å². The molecular formula is C20H32N2O. The summed E-state index contributed by atoms with van der Waals surface area (Å²) in [7, 11) is 0. The van der Waals surface area contributed by atoms with Gasteiger partial charge in [0.2, 0.25) is 5.91 Å². The zero-order valence-electron chi connectivity index (χ0n) is 14.8. The molecule has 1 N–H and O–H groups in total. The van der Waals surface area contributed by atoms with Crippen LogP contribution in [-0.2, 0) is 4.79 Å². The number of hydrogen-bond acceptors (Lipinski definition) is 2. The van der Waals surface area contributed by atoms with E-state index >= 15 is 0 Å². The van der Waals surface area contributed by atoms with E-state index < -0.39 is 0 Å². The molecule has 0 bridgehead atoms. The number of carbonyl (C=O) groups excluding carboxylic acids is 1. The van der Waals surface area contributed by atoms with Crippen LogP contribution in [0.3, 0.4) is 0 Å². The molecule has 0 heterocycles. The van der Waals surface area contributed by atoms with E-state index in [2.05, 4.69) is 17.5 Å². The predicted octanol–water partition coefficient (Wildman–Crippen LogP) is 5.37. The molecule has 0 spiro atoms. The van der Waals surface area contributed by atoms with E-state index in [1.807, 2.05) is 31.2 Å². The molecule has 3 heteroatoms. The maximum absolute atomic E-state index is 11.7. The Hall–Kier alpha value is -1.64. The summed E-state index contributed by atoms with van der Waals surface area (Å²) in [6, 6.07) is 7.99. The van der Waals surface area contributed by atoms with Gasteiger partial charge in [-0.25, -0.2) is 5.43 Å². The molecule has 0 saturated carbocycles. The second-order valence-corrected chi connectivity index (χ2v) is 6.23. The number of amides is 1. The van der Waals surface area contributed by atoms with Crippen LogP contribution in [-0.4, -0.2) is 12.1 Å². The van der Waals surface area contributed by atoms with E-state index in [-0.39, 0.29) is 5.91 Å². The van der Waals surface area contributed by atoms with Gasteiger partial charge in [-0.05, 0) is 24.5 Å². The molecule has 0 aliphatic carbocycles. The highest BCUT2D eigenvalue weighted by Crippen LogP contribution is 2.10. The van der Waals surface area contributed by atoms with Crippen molar-refractivity contribution < 1.29 is 4.79 Å². The Balaban J connectivity index is 2.01. The number of nitrogens with zero attached hydrogens (tertiary/aromatic N) is 1. The second-order valence-electron chi connectivity index (χ2n) is 6.23. The lowest BCUT2D eigenvalue weighted by Crippen LogP contribution is -2.16. The summed E-state index contributed by atoms with van der Waals surface area (Å²) in [5.74, 6) is 0.0118. The van der Waals surface area contributed by atoms with Crippen molar-refractivity contribution in [3.63, 3.8) is 0 Å². The summed E-state index contributed by atoms with van der Waals surface area (Å²) in [5, 5.41) is 4.03. The van der Waals surface area contributed by atoms with E-state index in [9.17, 15) is 4.79 Å². The van der Waals surface area contributed by atoms with Crippen molar-refractivity contribution in [1.29, 1.82) is 0 Å². The number of carbonyl (C=O) groups is 1. The molecule has 3 nitrogen and oxygen atoms in total. The molecule has 0 radical (unpaired) electrons. The Morgan fingerprint density at radius 1 is 1.00 bits per heavy atom. The van der Waals surface area contributed by atoms with Crippen LogP contribution in [0.25, 0.3) is 0 Å². The normalized spacial score (nSPS) is 11.0. The predicted molar refractivity (Wildman–Crippen MR) is 98.8 cm³/mol. The number of aryl methyl sites for hydroxylation is 1. The average molecular weight is 316 g/mol. The summed E-state index contributed by atoms with van der Waals surface area (Å²) in [4.78, 5) is 11.7. The van der Waals surface area contributed by atoms with Crippen molar-refractivity contribution in [1.82, 2.24) is 5.43 Å². The zero-order valence-corrected chi connectivity index (χ0v) is 14.8. The summed E-state index contributed by atoms with van der Waals surface area (Å²) >= 11 is 0. The first-order chi connectivity index (χ1) is 11.2. The molecule has 0 aliphatic heterocycles. The van der Waals surface area contributed by atoms with Crippen LogP contribution in [0, 0.1) is 6.92 Å². The summed E-state index contributed by atoms with van der Waals surface area (Å²) in [6.07, 6.45) is 13.7. The van der Waals surface area contributed by atoms with Gasteiger partial charge in [-0.1, -0.05) is 82.6 Å². The molecule has 0 unspecified atom stereocenters. The fourth-order valence-corrected chi connectivity index (χ4v) is 2.56. The van der Waals surface area contributed by atoms with E-state index in [1.54, 1.807) is 6.21 Å². The Bertz CT molecular complexity index is 468. The molecule has 128 valence electrons. The van der Waals surface area contributed by atoms with Gasteiger partial charge in [0.15, 0.2) is 0 Å². The molecule has 0 aliphatic rings. The summed E-state index contributed by atoms with van der Waals surface area (Å²) < 4.78 is 0. The van der Waals surface area contributed by atoms with Crippen LogP contribution < -0.4 is 5.43 Å². The van der Waals surface area contributed by atoms with Crippen LogP contribution in [0.1, 0.15) is 82.3 Å². The molecule has 23 heavy (non-hydrogen) atoms. The highest BCUT2D eigenvalue weighted by Gasteiger charge is 1.99. The molecule has 0 fully saturated rings. The Kier molecular flexibility index (Phi) is 10.9. The topological polar surface area (TPSA) is 41.5 Å². The molecule has 0 saturated heterocycles. The number of hydrogen-bond donors (Lipinski definition) is 1. The van der Waals surface area contributed by atoms with Crippen molar-refractivity contribution in [2.45, 2.75) is 78.1 Å².